The normalized spacial score (nSPS) is 11.4. The zero-order valence-corrected chi connectivity index (χ0v) is 18.1. The molecule has 0 radical (unpaired) electrons. The molecule has 0 rings (SSSR count). The van der Waals surface area contributed by atoms with Crippen molar-refractivity contribution in [3.63, 3.8) is 0 Å². The Labute approximate surface area is 165 Å². The summed E-state index contributed by atoms with van der Waals surface area (Å²) >= 11 is 0. The maximum atomic E-state index is 10.2. The summed E-state index contributed by atoms with van der Waals surface area (Å²) in [4.78, 5) is 0. The van der Waals surface area contributed by atoms with Gasteiger partial charge in [0.25, 0.3) is 0 Å². The van der Waals surface area contributed by atoms with Gasteiger partial charge in [-0.3, -0.25) is 0 Å². The Hall–Kier alpha value is 0.314. The summed E-state index contributed by atoms with van der Waals surface area (Å²) in [6, 6.07) is 0. The van der Waals surface area contributed by atoms with Gasteiger partial charge in [-0.15, -0.1) is 0 Å². The second-order valence-corrected chi connectivity index (χ2v) is 9.11. The van der Waals surface area contributed by atoms with Gasteiger partial charge in [0.15, 0.2) is 0 Å². The Morgan fingerprint density at radius 2 is 0.760 bits per heavy atom. The van der Waals surface area contributed by atoms with E-state index in [1.54, 1.807) is 0 Å². The molecule has 0 aromatic heterocycles. The van der Waals surface area contributed by atoms with E-state index in [-0.39, 0.29) is 28.0 Å². The van der Waals surface area contributed by atoms with Gasteiger partial charge in [-0.05, 0) is 12.8 Å². The van der Waals surface area contributed by atoms with Crippen molar-refractivity contribution in [2.24, 2.45) is 0 Å². The van der Waals surface area contributed by atoms with E-state index in [1.165, 1.54) is 25.7 Å². The predicted molar refractivity (Wildman–Crippen MR) is 95.9 cm³/mol. The standard InChI is InChI=1S/2C8H18O3S.Ni/c2*1-2-3-4-5-6-7-8-12(9,10)11;/h2*2-8H2,1H3,(H,9,10,11);/q;;+2/p-2. The molecule has 0 saturated carbocycles. The average Bonchev–Trinajstić information content (AvgIpc) is 2.45. The van der Waals surface area contributed by atoms with E-state index in [4.69, 9.17) is 0 Å². The summed E-state index contributed by atoms with van der Waals surface area (Å²) in [6.45, 7) is 4.25. The molecule has 0 unspecified atom stereocenters. The molecule has 0 saturated heterocycles. The van der Waals surface area contributed by atoms with Crippen LogP contribution >= 0.6 is 0 Å². The van der Waals surface area contributed by atoms with Gasteiger partial charge in [0.2, 0.25) is 0 Å². The van der Waals surface area contributed by atoms with Crippen molar-refractivity contribution in [1.82, 2.24) is 0 Å². The van der Waals surface area contributed by atoms with Crippen molar-refractivity contribution in [2.45, 2.75) is 90.9 Å². The van der Waals surface area contributed by atoms with Crippen molar-refractivity contribution in [3.8, 4) is 0 Å². The predicted octanol–water partition coefficient (Wildman–Crippen LogP) is 3.78. The maximum Gasteiger partial charge on any atom is 2.00 e. The molecule has 0 amide bonds. The molecule has 0 heterocycles. The minimum atomic E-state index is -3.97. The molecule has 9 heteroatoms. The molecule has 0 fully saturated rings. The summed E-state index contributed by atoms with van der Waals surface area (Å²) in [6.07, 6.45) is 11.9. The molecule has 0 N–H and O–H groups in total. The van der Waals surface area contributed by atoms with Crippen LogP contribution in [0, 0.1) is 0 Å². The monoisotopic (exact) mass is 444 g/mol. The molecular formula is C16H34NiO6S2. The van der Waals surface area contributed by atoms with E-state index in [9.17, 15) is 25.9 Å². The Morgan fingerprint density at radius 1 is 0.520 bits per heavy atom. The van der Waals surface area contributed by atoms with Crippen LogP contribution in [0.4, 0.5) is 0 Å². The minimum absolute atomic E-state index is 0. The smallest absolute Gasteiger partial charge is 0.748 e. The van der Waals surface area contributed by atoms with E-state index in [0.29, 0.717) is 12.8 Å². The van der Waals surface area contributed by atoms with Crippen molar-refractivity contribution in [3.05, 3.63) is 0 Å². The molecule has 25 heavy (non-hydrogen) atoms. The van der Waals surface area contributed by atoms with Crippen LogP contribution in [-0.2, 0) is 36.7 Å². The largest absolute Gasteiger partial charge is 2.00 e. The number of hydrogen-bond acceptors (Lipinski definition) is 6. The summed E-state index contributed by atoms with van der Waals surface area (Å²) in [5.74, 6) is -0.391. The maximum absolute atomic E-state index is 10.2. The molecule has 6 nitrogen and oxygen atoms in total. The van der Waals surface area contributed by atoms with Crippen LogP contribution in [0.5, 0.6) is 0 Å². The number of unbranched alkanes of at least 4 members (excludes halogenated alkanes) is 10. The molecule has 0 aliphatic carbocycles. The van der Waals surface area contributed by atoms with Gasteiger partial charge >= 0.3 is 16.5 Å². The SMILES string of the molecule is CCCCCCCCS(=O)(=O)[O-].CCCCCCCCS(=O)(=O)[O-].[Ni+2]. The van der Waals surface area contributed by atoms with Gasteiger partial charge in [0, 0.05) is 11.5 Å². The summed E-state index contributed by atoms with van der Waals surface area (Å²) < 4.78 is 61.0. The third kappa shape index (κ3) is 36.1. The fourth-order valence-electron chi connectivity index (χ4n) is 2.12. The van der Waals surface area contributed by atoms with E-state index in [1.807, 2.05) is 0 Å². The van der Waals surface area contributed by atoms with Crippen LogP contribution in [0.2, 0.25) is 0 Å². The Bertz CT molecular complexity index is 419. The molecule has 0 aromatic rings. The van der Waals surface area contributed by atoms with Gasteiger partial charge in [0.05, 0.1) is 20.2 Å². The van der Waals surface area contributed by atoms with Crippen LogP contribution in [0.25, 0.3) is 0 Å². The number of rotatable bonds is 14. The van der Waals surface area contributed by atoms with Crippen molar-refractivity contribution < 1.29 is 42.4 Å². The second kappa shape index (κ2) is 19.1. The van der Waals surface area contributed by atoms with Gasteiger partial charge in [0.1, 0.15) is 0 Å². The first kappa shape index (κ1) is 30.1. The molecule has 0 aliphatic rings. The van der Waals surface area contributed by atoms with E-state index < -0.39 is 20.2 Å². The molecule has 156 valence electrons. The Balaban J connectivity index is -0.000000372. The Morgan fingerprint density at radius 3 is 1.00 bits per heavy atom. The van der Waals surface area contributed by atoms with Gasteiger partial charge < -0.3 is 9.11 Å². The molecule has 0 atom stereocenters. The van der Waals surface area contributed by atoms with E-state index >= 15 is 0 Å². The van der Waals surface area contributed by atoms with Crippen LogP contribution in [-0.4, -0.2) is 37.4 Å². The molecule has 0 spiro atoms. The first-order valence-corrected chi connectivity index (χ1v) is 12.1. The third-order valence-corrected chi connectivity index (χ3v) is 5.07. The fourth-order valence-corrected chi connectivity index (χ4v) is 3.23. The van der Waals surface area contributed by atoms with Gasteiger partial charge in [-0.25, -0.2) is 16.8 Å². The van der Waals surface area contributed by atoms with E-state index in [2.05, 4.69) is 13.8 Å². The first-order valence-electron chi connectivity index (χ1n) is 8.99. The average molecular weight is 445 g/mol. The molecule has 0 aliphatic heterocycles. The molecule has 0 aromatic carbocycles. The fraction of sp³-hybridized carbons (Fsp3) is 1.00. The van der Waals surface area contributed by atoms with Crippen molar-refractivity contribution in [2.75, 3.05) is 11.5 Å². The topological polar surface area (TPSA) is 114 Å². The van der Waals surface area contributed by atoms with Crippen molar-refractivity contribution >= 4 is 20.2 Å². The third-order valence-electron chi connectivity index (χ3n) is 3.50. The molecule has 0 bridgehead atoms. The van der Waals surface area contributed by atoms with Gasteiger partial charge in [-0.2, -0.15) is 0 Å². The number of hydrogen-bond donors (Lipinski definition) is 0. The molecular weight excluding hydrogens is 411 g/mol. The van der Waals surface area contributed by atoms with Crippen LogP contribution < -0.4 is 0 Å². The van der Waals surface area contributed by atoms with Gasteiger partial charge in [-0.1, -0.05) is 78.1 Å². The van der Waals surface area contributed by atoms with Crippen LogP contribution in [0.3, 0.4) is 0 Å². The van der Waals surface area contributed by atoms with Crippen LogP contribution in [0.15, 0.2) is 0 Å². The Kier molecular flexibility index (Phi) is 22.9. The zero-order chi connectivity index (χ0) is 18.9. The summed E-state index contributed by atoms with van der Waals surface area (Å²) in [5.41, 5.74) is 0. The summed E-state index contributed by atoms with van der Waals surface area (Å²) in [5, 5.41) is 0. The van der Waals surface area contributed by atoms with Crippen molar-refractivity contribution in [1.29, 1.82) is 0 Å². The quantitative estimate of drug-likeness (QED) is 0.228. The van der Waals surface area contributed by atoms with Crippen LogP contribution in [0.1, 0.15) is 90.9 Å². The first-order chi connectivity index (χ1) is 11.1. The summed E-state index contributed by atoms with van der Waals surface area (Å²) in [7, 11) is -7.93. The zero-order valence-electron chi connectivity index (χ0n) is 15.5. The minimum Gasteiger partial charge on any atom is -0.748 e. The second-order valence-electron chi connectivity index (χ2n) is 6.06. The van der Waals surface area contributed by atoms with E-state index in [0.717, 1.165) is 38.5 Å².